The third-order valence-electron chi connectivity index (χ3n) is 5.50. The van der Waals surface area contributed by atoms with E-state index in [0.717, 1.165) is 36.8 Å². The third-order valence-corrected chi connectivity index (χ3v) is 5.74. The van der Waals surface area contributed by atoms with E-state index in [1.807, 2.05) is 31.2 Å². The van der Waals surface area contributed by atoms with E-state index in [0.29, 0.717) is 17.3 Å². The minimum absolute atomic E-state index is 0.120. The fraction of sp³-hybridized carbons (Fsp3) is 0.417. The molecule has 2 amide bonds. The minimum atomic E-state index is -0.595. The summed E-state index contributed by atoms with van der Waals surface area (Å²) < 4.78 is 5.64. The van der Waals surface area contributed by atoms with Gasteiger partial charge in [0.25, 0.3) is 5.91 Å². The highest BCUT2D eigenvalue weighted by atomic mass is 35.5. The van der Waals surface area contributed by atoms with Crippen LogP contribution in [0.15, 0.2) is 48.5 Å². The maximum absolute atomic E-state index is 13.0. The molecule has 1 N–H and O–H groups in total. The molecule has 1 unspecified atom stereocenters. The number of halogens is 1. The van der Waals surface area contributed by atoms with E-state index in [9.17, 15) is 9.59 Å². The summed E-state index contributed by atoms with van der Waals surface area (Å²) in [5.41, 5.74) is 2.12. The van der Waals surface area contributed by atoms with Crippen LogP contribution in [0.4, 0.5) is 0 Å². The van der Waals surface area contributed by atoms with Crippen molar-refractivity contribution in [1.82, 2.24) is 10.2 Å². The van der Waals surface area contributed by atoms with Crippen molar-refractivity contribution >= 4 is 23.4 Å². The lowest BCUT2D eigenvalue weighted by atomic mass is 10.1. The van der Waals surface area contributed by atoms with Gasteiger partial charge >= 0.3 is 0 Å². The van der Waals surface area contributed by atoms with Crippen molar-refractivity contribution in [2.24, 2.45) is 0 Å². The lowest BCUT2D eigenvalue weighted by Gasteiger charge is -2.29. The summed E-state index contributed by atoms with van der Waals surface area (Å²) in [6.07, 6.45) is 4.28. The average molecular weight is 429 g/mol. The van der Waals surface area contributed by atoms with Crippen LogP contribution in [-0.4, -0.2) is 35.4 Å². The summed E-state index contributed by atoms with van der Waals surface area (Å²) in [4.78, 5) is 27.5. The van der Waals surface area contributed by atoms with Crippen molar-refractivity contribution in [3.63, 3.8) is 0 Å². The molecule has 1 aliphatic carbocycles. The Hall–Kier alpha value is -2.53. The van der Waals surface area contributed by atoms with E-state index >= 15 is 0 Å². The van der Waals surface area contributed by atoms with Crippen LogP contribution in [0.25, 0.3) is 0 Å². The average Bonchev–Trinajstić information content (AvgIpc) is 3.24. The number of aryl methyl sites for hydroxylation is 1. The largest absolute Gasteiger partial charge is 0.484 e. The Bertz CT molecular complexity index is 863. The van der Waals surface area contributed by atoms with Crippen molar-refractivity contribution in [3.8, 4) is 5.75 Å². The number of nitrogens with one attached hydrogen (secondary N) is 1. The second-order valence-electron chi connectivity index (χ2n) is 7.92. The molecule has 3 rings (SSSR count). The van der Waals surface area contributed by atoms with Crippen LogP contribution in [0.5, 0.6) is 5.75 Å². The molecule has 0 heterocycles. The summed E-state index contributed by atoms with van der Waals surface area (Å²) in [6.45, 7) is 3.98. The molecule has 160 valence electrons. The Labute approximate surface area is 183 Å². The monoisotopic (exact) mass is 428 g/mol. The van der Waals surface area contributed by atoms with Crippen molar-refractivity contribution in [2.45, 2.75) is 58.2 Å². The maximum atomic E-state index is 13.0. The number of ether oxygens (including phenoxy) is 1. The molecule has 30 heavy (non-hydrogen) atoms. The Kier molecular flexibility index (Phi) is 7.75. The van der Waals surface area contributed by atoms with E-state index in [2.05, 4.69) is 5.32 Å². The molecule has 0 aromatic heterocycles. The first-order chi connectivity index (χ1) is 14.4. The van der Waals surface area contributed by atoms with Gasteiger partial charge in [-0.1, -0.05) is 60.3 Å². The van der Waals surface area contributed by atoms with Gasteiger partial charge in [-0.3, -0.25) is 9.59 Å². The first kappa shape index (κ1) is 22.2. The van der Waals surface area contributed by atoms with Gasteiger partial charge in [0.05, 0.1) is 0 Å². The molecule has 2 aromatic carbocycles. The highest BCUT2D eigenvalue weighted by Crippen LogP contribution is 2.20. The Morgan fingerprint density at radius 1 is 1.17 bits per heavy atom. The van der Waals surface area contributed by atoms with Crippen molar-refractivity contribution in [2.75, 3.05) is 6.61 Å². The molecular formula is C24H29ClN2O3. The number of hydrogen-bond acceptors (Lipinski definition) is 3. The zero-order chi connectivity index (χ0) is 21.5. The van der Waals surface area contributed by atoms with Crippen LogP contribution in [0, 0.1) is 6.92 Å². The SMILES string of the molecule is Cc1ccc(CN(C(=O)COc2cccc(Cl)c2)C(C)C(=O)NC2CCCC2)cc1. The van der Waals surface area contributed by atoms with Crippen LogP contribution < -0.4 is 10.1 Å². The lowest BCUT2D eigenvalue weighted by molar-refractivity contribution is -0.142. The van der Waals surface area contributed by atoms with Crippen LogP contribution in [-0.2, 0) is 16.1 Å². The zero-order valence-corrected chi connectivity index (χ0v) is 18.3. The van der Waals surface area contributed by atoms with E-state index in [1.54, 1.807) is 36.1 Å². The van der Waals surface area contributed by atoms with Gasteiger partial charge in [0.1, 0.15) is 11.8 Å². The highest BCUT2D eigenvalue weighted by Gasteiger charge is 2.28. The van der Waals surface area contributed by atoms with Gasteiger partial charge in [0, 0.05) is 17.6 Å². The fourth-order valence-corrected chi connectivity index (χ4v) is 3.83. The van der Waals surface area contributed by atoms with Gasteiger partial charge < -0.3 is 15.0 Å². The van der Waals surface area contributed by atoms with Gasteiger partial charge in [-0.25, -0.2) is 0 Å². The highest BCUT2D eigenvalue weighted by molar-refractivity contribution is 6.30. The second-order valence-corrected chi connectivity index (χ2v) is 8.36. The first-order valence-corrected chi connectivity index (χ1v) is 10.8. The Morgan fingerprint density at radius 3 is 2.53 bits per heavy atom. The number of carbonyl (C=O) groups is 2. The molecular weight excluding hydrogens is 400 g/mol. The number of benzene rings is 2. The second kappa shape index (κ2) is 10.5. The third kappa shape index (κ3) is 6.23. The van der Waals surface area contributed by atoms with Gasteiger partial charge in [-0.05, 0) is 50.5 Å². The smallest absolute Gasteiger partial charge is 0.261 e. The fourth-order valence-electron chi connectivity index (χ4n) is 3.65. The summed E-state index contributed by atoms with van der Waals surface area (Å²) in [5, 5.41) is 3.64. The number of carbonyl (C=O) groups excluding carboxylic acids is 2. The van der Waals surface area contributed by atoms with Crippen LogP contribution in [0.3, 0.4) is 0 Å². The molecule has 0 spiro atoms. The molecule has 5 nitrogen and oxygen atoms in total. The van der Waals surface area contributed by atoms with Crippen molar-refractivity contribution < 1.29 is 14.3 Å². The summed E-state index contributed by atoms with van der Waals surface area (Å²) >= 11 is 5.99. The molecule has 0 aliphatic heterocycles. The number of nitrogens with zero attached hydrogens (tertiary/aromatic N) is 1. The van der Waals surface area contributed by atoms with Crippen LogP contribution >= 0.6 is 11.6 Å². The standard InChI is InChI=1S/C24H29ClN2O3/c1-17-10-12-19(13-11-17)15-27(18(2)24(29)26-21-7-3-4-8-21)23(28)16-30-22-9-5-6-20(25)14-22/h5-6,9-14,18,21H,3-4,7-8,15-16H2,1-2H3,(H,26,29). The molecule has 2 aromatic rings. The van der Waals surface area contributed by atoms with Gasteiger partial charge in [-0.2, -0.15) is 0 Å². The first-order valence-electron chi connectivity index (χ1n) is 10.5. The quantitative estimate of drug-likeness (QED) is 0.673. The predicted molar refractivity (Wildman–Crippen MR) is 119 cm³/mol. The van der Waals surface area contributed by atoms with Crippen LogP contribution in [0.1, 0.15) is 43.7 Å². The molecule has 1 aliphatic rings. The summed E-state index contributed by atoms with van der Waals surface area (Å²) in [6, 6.07) is 14.5. The molecule has 0 radical (unpaired) electrons. The Morgan fingerprint density at radius 2 is 1.87 bits per heavy atom. The van der Waals surface area contributed by atoms with Crippen molar-refractivity contribution in [3.05, 3.63) is 64.7 Å². The van der Waals surface area contributed by atoms with Crippen molar-refractivity contribution in [1.29, 1.82) is 0 Å². The zero-order valence-electron chi connectivity index (χ0n) is 17.6. The lowest BCUT2D eigenvalue weighted by Crippen LogP contribution is -2.50. The molecule has 1 saturated carbocycles. The molecule has 6 heteroatoms. The summed E-state index contributed by atoms with van der Waals surface area (Å²) in [5.74, 6) is 0.156. The molecule has 1 atom stereocenters. The number of hydrogen-bond donors (Lipinski definition) is 1. The molecule has 0 saturated heterocycles. The number of rotatable bonds is 8. The minimum Gasteiger partial charge on any atom is -0.484 e. The van der Waals surface area contributed by atoms with E-state index < -0.39 is 6.04 Å². The summed E-state index contributed by atoms with van der Waals surface area (Å²) in [7, 11) is 0. The maximum Gasteiger partial charge on any atom is 0.261 e. The van der Waals surface area contributed by atoms with Gasteiger partial charge in [-0.15, -0.1) is 0 Å². The molecule has 0 bridgehead atoms. The Balaban J connectivity index is 1.70. The van der Waals surface area contributed by atoms with Gasteiger partial charge in [0.15, 0.2) is 6.61 Å². The molecule has 1 fully saturated rings. The van der Waals surface area contributed by atoms with E-state index in [-0.39, 0.29) is 24.5 Å². The van der Waals surface area contributed by atoms with Gasteiger partial charge in [0.2, 0.25) is 5.91 Å². The number of amides is 2. The topological polar surface area (TPSA) is 58.6 Å². The van der Waals surface area contributed by atoms with E-state index in [1.165, 1.54) is 0 Å². The predicted octanol–water partition coefficient (Wildman–Crippen LogP) is 4.50. The normalized spacial score (nSPS) is 14.9. The van der Waals surface area contributed by atoms with Crippen LogP contribution in [0.2, 0.25) is 5.02 Å². The van der Waals surface area contributed by atoms with E-state index in [4.69, 9.17) is 16.3 Å².